The second kappa shape index (κ2) is 5.48. The number of non-ortho nitro benzene ring substituents is 1. The monoisotopic (exact) mass is 280 g/mol. The molecule has 1 aromatic carbocycles. The van der Waals surface area contributed by atoms with Crippen molar-refractivity contribution >= 4 is 11.4 Å². The van der Waals surface area contributed by atoms with Crippen LogP contribution in [0.15, 0.2) is 41.2 Å². The zero-order chi connectivity index (χ0) is 15.6. The van der Waals surface area contributed by atoms with Gasteiger partial charge in [0.15, 0.2) is 5.70 Å². The van der Waals surface area contributed by atoms with E-state index >= 15 is 0 Å². The number of hydrogen-bond acceptors (Lipinski definition) is 4. The predicted molar refractivity (Wildman–Crippen MR) is 77.2 cm³/mol. The predicted octanol–water partition coefficient (Wildman–Crippen LogP) is 3.22. The fraction of sp³-hybridized carbons (Fsp3) is 0.200. The Morgan fingerprint density at radius 2 is 2.05 bits per heavy atom. The van der Waals surface area contributed by atoms with E-state index in [1.54, 1.807) is 19.1 Å². The van der Waals surface area contributed by atoms with Crippen LogP contribution >= 0.6 is 0 Å². The van der Waals surface area contributed by atoms with Crippen molar-refractivity contribution in [2.75, 3.05) is 0 Å². The number of allylic oxidation sites excluding steroid dienone is 2. The number of nitro benzene ring substituents is 1. The lowest BCUT2D eigenvalue weighted by atomic mass is 9.90. The summed E-state index contributed by atoms with van der Waals surface area (Å²) in [6, 6.07) is 8.11. The van der Waals surface area contributed by atoms with Crippen LogP contribution in [0.25, 0.3) is 10.5 Å². The van der Waals surface area contributed by atoms with Crippen molar-refractivity contribution in [2.24, 2.45) is 5.92 Å². The molecule has 1 aromatic rings. The highest BCUT2D eigenvalue weighted by Gasteiger charge is 2.27. The van der Waals surface area contributed by atoms with E-state index in [9.17, 15) is 10.1 Å². The first-order valence-corrected chi connectivity index (χ1v) is 6.24. The largest absolute Gasteiger partial charge is 0.367 e. The molecule has 104 valence electrons. The summed E-state index contributed by atoms with van der Waals surface area (Å²) in [7, 11) is 0. The van der Waals surface area contributed by atoms with Gasteiger partial charge >= 0.3 is 0 Å². The van der Waals surface area contributed by atoms with Crippen molar-refractivity contribution in [3.05, 3.63) is 68.3 Å². The summed E-state index contributed by atoms with van der Waals surface area (Å²) in [5, 5.41) is 22.9. The Hall–Kier alpha value is -3.12. The second-order valence-electron chi connectivity index (χ2n) is 4.67. The molecule has 0 saturated heterocycles. The first kappa shape index (κ1) is 14.3. The van der Waals surface area contributed by atoms with Crippen molar-refractivity contribution < 1.29 is 4.92 Å². The van der Waals surface area contributed by atoms with Crippen LogP contribution in [-0.2, 0) is 0 Å². The molecule has 0 spiro atoms. The van der Waals surface area contributed by atoms with Crippen molar-refractivity contribution in [1.29, 1.82) is 5.26 Å². The Labute approximate surface area is 122 Å². The van der Waals surface area contributed by atoms with E-state index in [2.05, 4.69) is 16.2 Å². The highest BCUT2D eigenvalue weighted by atomic mass is 16.6. The molecule has 1 heterocycles. The first-order valence-electron chi connectivity index (χ1n) is 6.24. The van der Waals surface area contributed by atoms with Crippen LogP contribution < -0.4 is 5.32 Å². The fourth-order valence-corrected chi connectivity index (χ4v) is 2.30. The van der Waals surface area contributed by atoms with Gasteiger partial charge in [0.1, 0.15) is 0 Å². The molecule has 0 bridgehead atoms. The van der Waals surface area contributed by atoms with Gasteiger partial charge < -0.3 is 5.32 Å². The van der Waals surface area contributed by atoms with Crippen LogP contribution in [0, 0.1) is 33.9 Å². The average Bonchev–Trinajstić information content (AvgIpc) is 2.47. The van der Waals surface area contributed by atoms with Crippen LogP contribution in [-0.4, -0.2) is 4.92 Å². The van der Waals surface area contributed by atoms with Crippen LogP contribution in [0.1, 0.15) is 19.4 Å². The SMILES string of the molecule is [C-]#[N+]C1=C(c2ccc([N+](=O)[O-])cc2)NC(C)=C(C#N)[C@H]1C. The summed E-state index contributed by atoms with van der Waals surface area (Å²) in [5.41, 5.74) is 2.96. The number of rotatable bonds is 2. The number of nitro groups is 1. The molecule has 0 aromatic heterocycles. The maximum Gasteiger partial charge on any atom is 0.269 e. The van der Waals surface area contributed by atoms with Crippen LogP contribution in [0.2, 0.25) is 0 Å². The minimum atomic E-state index is -0.468. The maximum absolute atomic E-state index is 10.7. The molecular formula is C15H12N4O2. The van der Waals surface area contributed by atoms with Crippen molar-refractivity contribution in [1.82, 2.24) is 5.32 Å². The second-order valence-corrected chi connectivity index (χ2v) is 4.67. The first-order chi connectivity index (χ1) is 9.99. The Kier molecular flexibility index (Phi) is 3.73. The van der Waals surface area contributed by atoms with Crippen LogP contribution in [0.5, 0.6) is 0 Å². The smallest absolute Gasteiger partial charge is 0.269 e. The van der Waals surface area contributed by atoms with Gasteiger partial charge in [0.25, 0.3) is 5.69 Å². The molecular weight excluding hydrogens is 268 g/mol. The topological polar surface area (TPSA) is 83.3 Å². The van der Waals surface area contributed by atoms with Gasteiger partial charge in [-0.1, -0.05) is 6.92 Å². The van der Waals surface area contributed by atoms with Crippen molar-refractivity contribution in [2.45, 2.75) is 13.8 Å². The Balaban J connectivity index is 2.50. The van der Waals surface area contributed by atoms with E-state index in [-0.39, 0.29) is 11.6 Å². The normalized spacial score (nSPS) is 17.8. The molecule has 2 rings (SSSR count). The number of nitrogens with one attached hydrogen (secondary N) is 1. The van der Waals surface area contributed by atoms with Crippen molar-refractivity contribution in [3.8, 4) is 6.07 Å². The van der Waals surface area contributed by atoms with Gasteiger partial charge in [-0.3, -0.25) is 10.1 Å². The molecule has 6 nitrogen and oxygen atoms in total. The highest BCUT2D eigenvalue weighted by Crippen LogP contribution is 2.34. The van der Waals surface area contributed by atoms with E-state index in [1.165, 1.54) is 12.1 Å². The molecule has 1 aliphatic heterocycles. The molecule has 0 amide bonds. The summed E-state index contributed by atoms with van der Waals surface area (Å²) in [6.45, 7) is 10.9. The van der Waals surface area contributed by atoms with Gasteiger partial charge in [0.05, 0.1) is 17.6 Å². The molecule has 0 aliphatic carbocycles. The van der Waals surface area contributed by atoms with E-state index < -0.39 is 4.92 Å². The van der Waals surface area contributed by atoms with Gasteiger partial charge in [-0.2, -0.15) is 5.26 Å². The Bertz CT molecular complexity index is 745. The van der Waals surface area contributed by atoms with E-state index in [1.807, 2.05) is 6.92 Å². The molecule has 0 saturated carbocycles. The van der Waals surface area contributed by atoms with E-state index in [0.717, 1.165) is 0 Å². The lowest BCUT2D eigenvalue weighted by Crippen LogP contribution is -2.22. The number of hydrogen-bond donors (Lipinski definition) is 1. The highest BCUT2D eigenvalue weighted by molar-refractivity contribution is 5.74. The van der Waals surface area contributed by atoms with Crippen LogP contribution in [0.3, 0.4) is 0 Å². The minimum Gasteiger partial charge on any atom is -0.367 e. The van der Waals surface area contributed by atoms with Gasteiger partial charge in [-0.25, -0.2) is 4.85 Å². The minimum absolute atomic E-state index is 0.00227. The number of benzene rings is 1. The average molecular weight is 280 g/mol. The quantitative estimate of drug-likeness (QED) is 0.512. The summed E-state index contributed by atoms with van der Waals surface area (Å²) >= 11 is 0. The molecule has 0 fully saturated rings. The zero-order valence-electron chi connectivity index (χ0n) is 11.5. The summed E-state index contributed by atoms with van der Waals surface area (Å²) in [6.07, 6.45) is 0. The number of dihydropyridines is 1. The van der Waals surface area contributed by atoms with Gasteiger partial charge in [0, 0.05) is 35.0 Å². The Morgan fingerprint density at radius 1 is 1.43 bits per heavy atom. The molecule has 6 heteroatoms. The third-order valence-corrected chi connectivity index (χ3v) is 3.42. The standard InChI is InChI=1S/C15H12N4O2/c1-9-13(8-16)10(2)18-15(14(9)17-3)11-4-6-12(7-5-11)19(20)21/h4-7,9,18H,1-2H3/t9-/m1/s1. The summed E-state index contributed by atoms with van der Waals surface area (Å²) < 4.78 is 0. The fourth-order valence-electron chi connectivity index (χ4n) is 2.30. The third kappa shape index (κ3) is 2.47. The summed E-state index contributed by atoms with van der Waals surface area (Å²) in [4.78, 5) is 13.7. The van der Waals surface area contributed by atoms with Gasteiger partial charge in [0.2, 0.25) is 0 Å². The lowest BCUT2D eigenvalue weighted by molar-refractivity contribution is -0.384. The molecule has 0 unspecified atom stereocenters. The molecule has 21 heavy (non-hydrogen) atoms. The Morgan fingerprint density at radius 3 is 2.52 bits per heavy atom. The third-order valence-electron chi connectivity index (χ3n) is 3.42. The van der Waals surface area contributed by atoms with Gasteiger partial charge in [-0.05, 0) is 24.6 Å². The van der Waals surface area contributed by atoms with E-state index in [0.29, 0.717) is 28.2 Å². The van der Waals surface area contributed by atoms with Crippen molar-refractivity contribution in [3.63, 3.8) is 0 Å². The summed E-state index contributed by atoms with van der Waals surface area (Å²) in [5.74, 6) is -0.293. The molecule has 1 N–H and O–H groups in total. The van der Waals surface area contributed by atoms with Crippen LogP contribution in [0.4, 0.5) is 5.69 Å². The van der Waals surface area contributed by atoms with E-state index in [4.69, 9.17) is 11.8 Å². The maximum atomic E-state index is 10.7. The lowest BCUT2D eigenvalue weighted by Gasteiger charge is -2.25. The molecule has 1 atom stereocenters. The van der Waals surface area contributed by atoms with Gasteiger partial charge in [-0.15, -0.1) is 0 Å². The number of nitrogens with zero attached hydrogens (tertiary/aromatic N) is 3. The molecule has 0 radical (unpaired) electrons. The molecule has 1 aliphatic rings. The number of nitriles is 1. The zero-order valence-corrected chi connectivity index (χ0v) is 11.5.